The molecular formula is C17H29N3O. The molecule has 1 amide bonds. The van der Waals surface area contributed by atoms with E-state index in [2.05, 4.69) is 23.2 Å². The first kappa shape index (κ1) is 16.3. The summed E-state index contributed by atoms with van der Waals surface area (Å²) in [7, 11) is 0. The molecule has 4 nitrogen and oxygen atoms in total. The van der Waals surface area contributed by atoms with Crippen molar-refractivity contribution in [3.05, 3.63) is 0 Å². The molecule has 0 aromatic carbocycles. The van der Waals surface area contributed by atoms with E-state index in [9.17, 15) is 10.1 Å². The molecule has 118 valence electrons. The van der Waals surface area contributed by atoms with Crippen LogP contribution in [0.4, 0.5) is 0 Å². The van der Waals surface area contributed by atoms with Crippen LogP contribution in [-0.4, -0.2) is 37.0 Å². The Balaban J connectivity index is 1.80. The van der Waals surface area contributed by atoms with Crippen molar-refractivity contribution in [1.82, 2.24) is 10.2 Å². The molecule has 1 atom stereocenters. The maximum absolute atomic E-state index is 12.5. The van der Waals surface area contributed by atoms with Crippen molar-refractivity contribution in [3.8, 4) is 6.07 Å². The molecule has 0 aromatic heterocycles. The van der Waals surface area contributed by atoms with Crippen LogP contribution in [-0.2, 0) is 4.79 Å². The Morgan fingerprint density at radius 1 is 1.19 bits per heavy atom. The van der Waals surface area contributed by atoms with Gasteiger partial charge >= 0.3 is 0 Å². The summed E-state index contributed by atoms with van der Waals surface area (Å²) in [6.45, 7) is 6.32. The second kappa shape index (κ2) is 7.79. The van der Waals surface area contributed by atoms with Crippen LogP contribution in [0, 0.1) is 22.7 Å². The third-order valence-electron chi connectivity index (χ3n) is 4.99. The van der Waals surface area contributed by atoms with Crippen molar-refractivity contribution in [2.24, 2.45) is 11.3 Å². The highest BCUT2D eigenvalue weighted by atomic mass is 16.2. The number of nitrogens with one attached hydrogen (secondary N) is 1. The Hall–Kier alpha value is -1.08. The lowest BCUT2D eigenvalue weighted by atomic mass is 9.81. The van der Waals surface area contributed by atoms with E-state index in [4.69, 9.17) is 0 Å². The lowest BCUT2D eigenvalue weighted by Gasteiger charge is -2.26. The van der Waals surface area contributed by atoms with Gasteiger partial charge < -0.3 is 10.2 Å². The van der Waals surface area contributed by atoms with Gasteiger partial charge in [-0.25, -0.2) is 0 Å². The van der Waals surface area contributed by atoms with Gasteiger partial charge in [-0.15, -0.1) is 0 Å². The summed E-state index contributed by atoms with van der Waals surface area (Å²) < 4.78 is 0. The van der Waals surface area contributed by atoms with Crippen molar-refractivity contribution in [2.75, 3.05) is 26.2 Å². The molecule has 1 unspecified atom stereocenters. The van der Waals surface area contributed by atoms with Crippen LogP contribution in [0.25, 0.3) is 0 Å². The minimum absolute atomic E-state index is 0.0276. The summed E-state index contributed by atoms with van der Waals surface area (Å²) in [4.78, 5) is 15.0. The Kier molecular flexibility index (Phi) is 6.05. The van der Waals surface area contributed by atoms with Crippen LogP contribution in [0.5, 0.6) is 0 Å². The van der Waals surface area contributed by atoms with Gasteiger partial charge in [-0.1, -0.05) is 32.6 Å². The summed E-state index contributed by atoms with van der Waals surface area (Å²) in [6, 6.07) is 2.33. The van der Waals surface area contributed by atoms with E-state index in [1.165, 1.54) is 25.9 Å². The lowest BCUT2D eigenvalue weighted by molar-refractivity contribution is -0.129. The molecule has 1 N–H and O–H groups in total. The van der Waals surface area contributed by atoms with Gasteiger partial charge in [-0.2, -0.15) is 5.26 Å². The highest BCUT2D eigenvalue weighted by Crippen LogP contribution is 2.34. The van der Waals surface area contributed by atoms with E-state index in [0.29, 0.717) is 12.5 Å². The molecule has 0 aromatic rings. The SMILES string of the molecule is CC(CNC(=O)C1(C#N)CCCCCC1)CN1CCCC1. The van der Waals surface area contributed by atoms with Crippen LogP contribution in [0.3, 0.4) is 0 Å². The number of carbonyl (C=O) groups excluding carboxylic acids is 1. The number of amides is 1. The third-order valence-corrected chi connectivity index (χ3v) is 4.99. The van der Waals surface area contributed by atoms with Gasteiger partial charge in [0.15, 0.2) is 0 Å². The van der Waals surface area contributed by atoms with Crippen molar-refractivity contribution >= 4 is 5.91 Å². The van der Waals surface area contributed by atoms with Crippen molar-refractivity contribution in [3.63, 3.8) is 0 Å². The standard InChI is InChI=1S/C17H29N3O/c1-15(13-20-10-6-7-11-20)12-19-16(21)17(14-18)8-4-2-3-5-9-17/h15H,2-13H2,1H3,(H,19,21). The normalized spacial score (nSPS) is 24.0. The summed E-state index contributed by atoms with van der Waals surface area (Å²) in [5, 5.41) is 12.6. The van der Waals surface area contributed by atoms with Crippen LogP contribution < -0.4 is 5.32 Å². The van der Waals surface area contributed by atoms with E-state index in [1.807, 2.05) is 0 Å². The molecule has 21 heavy (non-hydrogen) atoms. The molecule has 1 heterocycles. The number of rotatable bonds is 5. The van der Waals surface area contributed by atoms with E-state index < -0.39 is 5.41 Å². The predicted octanol–water partition coefficient (Wildman–Crippen LogP) is 2.70. The minimum Gasteiger partial charge on any atom is -0.354 e. The van der Waals surface area contributed by atoms with Crippen LogP contribution >= 0.6 is 0 Å². The smallest absolute Gasteiger partial charge is 0.240 e. The molecule has 0 radical (unpaired) electrons. The fraction of sp³-hybridized carbons (Fsp3) is 0.882. The zero-order valence-electron chi connectivity index (χ0n) is 13.4. The van der Waals surface area contributed by atoms with Crippen molar-refractivity contribution in [1.29, 1.82) is 5.26 Å². The van der Waals surface area contributed by atoms with E-state index in [1.54, 1.807) is 0 Å². The van der Waals surface area contributed by atoms with Gasteiger partial charge in [-0.3, -0.25) is 4.79 Å². The molecule has 4 heteroatoms. The summed E-state index contributed by atoms with van der Waals surface area (Å²) in [5.41, 5.74) is -0.760. The van der Waals surface area contributed by atoms with Crippen LogP contribution in [0.15, 0.2) is 0 Å². The van der Waals surface area contributed by atoms with Gasteiger partial charge in [0.05, 0.1) is 6.07 Å². The molecule has 1 saturated heterocycles. The average Bonchev–Trinajstić information content (AvgIpc) is 2.87. The van der Waals surface area contributed by atoms with Crippen LogP contribution in [0.1, 0.15) is 58.3 Å². The van der Waals surface area contributed by atoms with Crippen molar-refractivity contribution in [2.45, 2.75) is 58.3 Å². The Labute approximate surface area is 128 Å². The molecule has 1 aliphatic heterocycles. The van der Waals surface area contributed by atoms with Crippen molar-refractivity contribution < 1.29 is 4.79 Å². The van der Waals surface area contributed by atoms with Crippen LogP contribution in [0.2, 0.25) is 0 Å². The molecule has 2 aliphatic rings. The van der Waals surface area contributed by atoms with Gasteiger partial charge in [-0.05, 0) is 44.7 Å². The van der Waals surface area contributed by atoms with E-state index in [-0.39, 0.29) is 5.91 Å². The largest absolute Gasteiger partial charge is 0.354 e. The highest BCUT2D eigenvalue weighted by molar-refractivity contribution is 5.85. The molecule has 0 spiro atoms. The van der Waals surface area contributed by atoms with Gasteiger partial charge in [0.25, 0.3) is 0 Å². The zero-order valence-corrected chi connectivity index (χ0v) is 13.4. The lowest BCUT2D eigenvalue weighted by Crippen LogP contribution is -2.43. The number of carbonyl (C=O) groups is 1. The summed E-state index contributed by atoms with van der Waals surface area (Å²) >= 11 is 0. The van der Waals surface area contributed by atoms with Gasteiger partial charge in [0.2, 0.25) is 5.91 Å². The monoisotopic (exact) mass is 291 g/mol. The predicted molar refractivity (Wildman–Crippen MR) is 83.6 cm³/mol. The number of hydrogen-bond donors (Lipinski definition) is 1. The number of likely N-dealkylation sites (tertiary alicyclic amines) is 1. The summed E-state index contributed by atoms with van der Waals surface area (Å²) in [6.07, 6.45) is 8.39. The molecule has 0 bridgehead atoms. The molecule has 1 saturated carbocycles. The first-order chi connectivity index (χ1) is 10.2. The van der Waals surface area contributed by atoms with E-state index >= 15 is 0 Å². The Bertz CT molecular complexity index is 374. The second-order valence-corrected chi connectivity index (χ2v) is 6.93. The quantitative estimate of drug-likeness (QED) is 0.792. The maximum atomic E-state index is 12.5. The Morgan fingerprint density at radius 2 is 1.81 bits per heavy atom. The average molecular weight is 291 g/mol. The first-order valence-corrected chi connectivity index (χ1v) is 8.58. The second-order valence-electron chi connectivity index (χ2n) is 6.93. The highest BCUT2D eigenvalue weighted by Gasteiger charge is 2.38. The number of nitrogens with zero attached hydrogens (tertiary/aromatic N) is 2. The van der Waals surface area contributed by atoms with Gasteiger partial charge in [0, 0.05) is 13.1 Å². The molecule has 1 aliphatic carbocycles. The fourth-order valence-corrected chi connectivity index (χ4v) is 3.63. The summed E-state index contributed by atoms with van der Waals surface area (Å²) in [5.74, 6) is 0.425. The topological polar surface area (TPSA) is 56.1 Å². The van der Waals surface area contributed by atoms with Gasteiger partial charge in [0.1, 0.15) is 5.41 Å². The fourth-order valence-electron chi connectivity index (χ4n) is 3.63. The molecule has 2 fully saturated rings. The maximum Gasteiger partial charge on any atom is 0.240 e. The third kappa shape index (κ3) is 4.44. The molecule has 2 rings (SSSR count). The Morgan fingerprint density at radius 3 is 2.38 bits per heavy atom. The zero-order chi connectivity index (χ0) is 15.1. The first-order valence-electron chi connectivity index (χ1n) is 8.58. The van der Waals surface area contributed by atoms with E-state index in [0.717, 1.165) is 45.1 Å². The minimum atomic E-state index is -0.760. The number of nitriles is 1. The molecular weight excluding hydrogens is 262 g/mol. The number of hydrogen-bond acceptors (Lipinski definition) is 3.